The van der Waals surface area contributed by atoms with Crippen LogP contribution in [0.2, 0.25) is 10.0 Å². The SMILES string of the molecule is Cn1nnnc1SCCNCc1cccc(OCc2ccc(Cl)cc2Cl)c1.[Cl-]. The second-order valence-electron chi connectivity index (χ2n) is 5.78. The summed E-state index contributed by atoms with van der Waals surface area (Å²) < 4.78 is 7.52. The first-order chi connectivity index (χ1) is 13.1. The fraction of sp³-hybridized carbons (Fsp3) is 0.278. The van der Waals surface area contributed by atoms with Crippen LogP contribution in [-0.4, -0.2) is 32.5 Å². The van der Waals surface area contributed by atoms with E-state index in [-0.39, 0.29) is 12.4 Å². The third kappa shape index (κ3) is 6.83. The molecule has 6 nitrogen and oxygen atoms in total. The number of tetrazole rings is 1. The van der Waals surface area contributed by atoms with E-state index in [4.69, 9.17) is 27.9 Å². The summed E-state index contributed by atoms with van der Waals surface area (Å²) in [5.74, 6) is 1.69. The molecule has 3 rings (SSSR count). The standard InChI is InChI=1S/C18H19Cl2N5OS.ClH/c1-25-18(22-23-24-25)27-8-7-21-11-13-3-2-4-16(9-13)26-12-14-5-6-15(19)10-17(14)20;/h2-6,9-10,21H,7-8,11-12H2,1H3;1H/p-1. The third-order valence-electron chi connectivity index (χ3n) is 3.73. The molecule has 1 N–H and O–H groups in total. The highest BCUT2D eigenvalue weighted by atomic mass is 35.5. The first kappa shape index (κ1) is 22.8. The average Bonchev–Trinajstić information content (AvgIpc) is 3.06. The molecule has 0 saturated heterocycles. The molecule has 2 aromatic carbocycles. The van der Waals surface area contributed by atoms with E-state index in [1.807, 2.05) is 37.4 Å². The molecule has 150 valence electrons. The maximum Gasteiger partial charge on any atom is 0.209 e. The number of nitrogens with one attached hydrogen (secondary N) is 1. The van der Waals surface area contributed by atoms with E-state index >= 15 is 0 Å². The summed E-state index contributed by atoms with van der Waals surface area (Å²) in [7, 11) is 1.83. The van der Waals surface area contributed by atoms with Gasteiger partial charge >= 0.3 is 0 Å². The Kier molecular flexibility index (Phi) is 9.34. The molecule has 0 radical (unpaired) electrons. The molecule has 0 amide bonds. The van der Waals surface area contributed by atoms with Crippen LogP contribution in [0.3, 0.4) is 0 Å². The highest BCUT2D eigenvalue weighted by Gasteiger charge is 2.04. The van der Waals surface area contributed by atoms with Crippen molar-refractivity contribution >= 4 is 35.0 Å². The summed E-state index contributed by atoms with van der Waals surface area (Å²) >= 11 is 13.7. The zero-order valence-electron chi connectivity index (χ0n) is 15.1. The average molecular weight is 460 g/mol. The minimum Gasteiger partial charge on any atom is -1.00 e. The van der Waals surface area contributed by atoms with Gasteiger partial charge in [0.15, 0.2) is 0 Å². The molecule has 1 heterocycles. The Labute approximate surface area is 184 Å². The van der Waals surface area contributed by atoms with Crippen LogP contribution in [-0.2, 0) is 20.2 Å². The van der Waals surface area contributed by atoms with Crippen molar-refractivity contribution in [3.8, 4) is 5.75 Å². The van der Waals surface area contributed by atoms with Crippen LogP contribution in [0.4, 0.5) is 0 Å². The maximum atomic E-state index is 6.18. The van der Waals surface area contributed by atoms with Crippen molar-refractivity contribution in [2.75, 3.05) is 12.3 Å². The zero-order chi connectivity index (χ0) is 19.1. The first-order valence-corrected chi connectivity index (χ1v) is 10.1. The molecular formula is C18H19Cl3N5OS-. The lowest BCUT2D eigenvalue weighted by molar-refractivity contribution is -0.00000590. The summed E-state index contributed by atoms with van der Waals surface area (Å²) in [6, 6.07) is 13.4. The highest BCUT2D eigenvalue weighted by molar-refractivity contribution is 7.99. The maximum absolute atomic E-state index is 6.18. The van der Waals surface area contributed by atoms with Gasteiger partial charge in [-0.2, -0.15) is 0 Å². The Balaban J connectivity index is 0.00000280. The monoisotopic (exact) mass is 458 g/mol. The second-order valence-corrected chi connectivity index (χ2v) is 7.69. The summed E-state index contributed by atoms with van der Waals surface area (Å²) in [6.45, 7) is 2.01. The van der Waals surface area contributed by atoms with Crippen LogP contribution in [0.5, 0.6) is 5.75 Å². The molecule has 28 heavy (non-hydrogen) atoms. The molecule has 0 atom stereocenters. The molecule has 0 bridgehead atoms. The van der Waals surface area contributed by atoms with Crippen LogP contribution in [0.1, 0.15) is 11.1 Å². The lowest BCUT2D eigenvalue weighted by Crippen LogP contribution is -3.00. The lowest BCUT2D eigenvalue weighted by atomic mass is 10.2. The van der Waals surface area contributed by atoms with Crippen LogP contribution < -0.4 is 22.5 Å². The van der Waals surface area contributed by atoms with Gasteiger partial charge in [0.2, 0.25) is 5.16 Å². The van der Waals surface area contributed by atoms with Crippen LogP contribution in [0.25, 0.3) is 0 Å². The van der Waals surface area contributed by atoms with Gasteiger partial charge in [0.05, 0.1) is 0 Å². The summed E-state index contributed by atoms with van der Waals surface area (Å²) in [6.07, 6.45) is 0. The highest BCUT2D eigenvalue weighted by Crippen LogP contribution is 2.23. The number of aromatic nitrogens is 4. The second kappa shape index (κ2) is 11.5. The summed E-state index contributed by atoms with van der Waals surface area (Å²) in [5, 5.41) is 16.8. The van der Waals surface area contributed by atoms with Gasteiger partial charge in [-0.25, -0.2) is 4.68 Å². The molecule has 3 aromatic rings. The van der Waals surface area contributed by atoms with Gasteiger partial charge in [0.25, 0.3) is 0 Å². The molecule has 0 spiro atoms. The van der Waals surface area contributed by atoms with E-state index in [1.54, 1.807) is 22.5 Å². The normalized spacial score (nSPS) is 10.5. The molecule has 10 heteroatoms. The lowest BCUT2D eigenvalue weighted by Gasteiger charge is -2.10. The van der Waals surface area contributed by atoms with Gasteiger partial charge in [0, 0.05) is 41.5 Å². The molecule has 0 aliphatic carbocycles. The number of hydrogen-bond acceptors (Lipinski definition) is 6. The molecule has 0 aliphatic heterocycles. The van der Waals surface area contributed by atoms with Crippen molar-refractivity contribution < 1.29 is 17.1 Å². The summed E-state index contributed by atoms with van der Waals surface area (Å²) in [4.78, 5) is 0. The number of nitrogens with zero attached hydrogens (tertiary/aromatic N) is 4. The van der Waals surface area contributed by atoms with Crippen molar-refractivity contribution in [2.45, 2.75) is 18.3 Å². The number of rotatable bonds is 9. The van der Waals surface area contributed by atoms with Gasteiger partial charge in [-0.1, -0.05) is 53.2 Å². The van der Waals surface area contributed by atoms with E-state index in [0.29, 0.717) is 16.7 Å². The van der Waals surface area contributed by atoms with Crippen molar-refractivity contribution in [1.82, 2.24) is 25.5 Å². The Morgan fingerprint density at radius 3 is 2.79 bits per heavy atom. The predicted molar refractivity (Wildman–Crippen MR) is 108 cm³/mol. The van der Waals surface area contributed by atoms with Crippen LogP contribution in [0, 0.1) is 0 Å². The van der Waals surface area contributed by atoms with Gasteiger partial charge in [-0.05, 0) is 40.3 Å². The van der Waals surface area contributed by atoms with Gasteiger partial charge in [-0.3, -0.25) is 0 Å². The number of hydrogen-bond donors (Lipinski definition) is 1. The third-order valence-corrected chi connectivity index (χ3v) is 5.33. The van der Waals surface area contributed by atoms with E-state index < -0.39 is 0 Å². The zero-order valence-corrected chi connectivity index (χ0v) is 18.2. The number of aryl methyl sites for hydroxylation is 1. The van der Waals surface area contributed by atoms with Gasteiger partial charge in [0.1, 0.15) is 12.4 Å². The minimum atomic E-state index is 0. The minimum absolute atomic E-state index is 0. The Morgan fingerprint density at radius 1 is 1.18 bits per heavy atom. The Bertz CT molecular complexity index is 893. The quantitative estimate of drug-likeness (QED) is 0.380. The van der Waals surface area contributed by atoms with Crippen molar-refractivity contribution in [2.24, 2.45) is 7.05 Å². The first-order valence-electron chi connectivity index (χ1n) is 8.33. The fourth-order valence-electron chi connectivity index (χ4n) is 2.34. The van der Waals surface area contributed by atoms with E-state index in [1.165, 1.54) is 0 Å². The number of thioether (sulfide) groups is 1. The van der Waals surface area contributed by atoms with Gasteiger partial charge in [-0.15, -0.1) is 5.10 Å². The van der Waals surface area contributed by atoms with E-state index in [2.05, 4.69) is 26.9 Å². The van der Waals surface area contributed by atoms with E-state index in [0.717, 1.165) is 40.9 Å². The smallest absolute Gasteiger partial charge is 0.209 e. The molecule has 1 aromatic heterocycles. The number of benzene rings is 2. The van der Waals surface area contributed by atoms with Gasteiger partial charge < -0.3 is 22.5 Å². The summed E-state index contributed by atoms with van der Waals surface area (Å²) in [5.41, 5.74) is 2.06. The largest absolute Gasteiger partial charge is 1.00 e. The van der Waals surface area contributed by atoms with E-state index in [9.17, 15) is 0 Å². The van der Waals surface area contributed by atoms with Crippen LogP contribution >= 0.6 is 35.0 Å². The van der Waals surface area contributed by atoms with Crippen LogP contribution in [0.15, 0.2) is 47.6 Å². The molecule has 0 unspecified atom stereocenters. The topological polar surface area (TPSA) is 64.9 Å². The Hall–Kier alpha value is -1.51. The van der Waals surface area contributed by atoms with Crippen molar-refractivity contribution in [3.63, 3.8) is 0 Å². The molecule has 0 fully saturated rings. The van der Waals surface area contributed by atoms with Crippen molar-refractivity contribution in [1.29, 1.82) is 0 Å². The predicted octanol–water partition coefficient (Wildman–Crippen LogP) is 0.982. The number of ether oxygens (including phenoxy) is 1. The molecule has 0 aliphatic rings. The van der Waals surface area contributed by atoms with Crippen molar-refractivity contribution in [3.05, 3.63) is 63.6 Å². The number of halogens is 3. The Morgan fingerprint density at radius 2 is 2.04 bits per heavy atom. The fourth-order valence-corrected chi connectivity index (χ4v) is 3.55. The molecule has 0 saturated carbocycles. The molecular weight excluding hydrogens is 441 g/mol.